The number of ether oxygens (including phenoxy) is 2. The molecule has 1 aromatic carbocycles. The first-order valence-corrected chi connectivity index (χ1v) is 13.3. The van der Waals surface area contributed by atoms with Crippen molar-refractivity contribution in [3.63, 3.8) is 0 Å². The molecule has 0 aliphatic carbocycles. The lowest BCUT2D eigenvalue weighted by Crippen LogP contribution is -2.56. The number of hydrogen-bond acceptors (Lipinski definition) is 6. The van der Waals surface area contributed by atoms with Crippen LogP contribution in [0.3, 0.4) is 0 Å². The lowest BCUT2D eigenvalue weighted by atomic mass is 9.92. The second-order valence-electron chi connectivity index (χ2n) is 10.3. The van der Waals surface area contributed by atoms with Gasteiger partial charge in [0, 0.05) is 59.0 Å². The Morgan fingerprint density at radius 1 is 1.19 bits per heavy atom. The number of nitrogens with zero attached hydrogens (tertiary/aromatic N) is 4. The third kappa shape index (κ3) is 6.25. The summed E-state index contributed by atoms with van der Waals surface area (Å²) in [5.41, 5.74) is 1.81. The van der Waals surface area contributed by atoms with Gasteiger partial charge in [-0.3, -0.25) is 9.59 Å². The smallest absolute Gasteiger partial charge is 0.290 e. The van der Waals surface area contributed by atoms with Crippen molar-refractivity contribution in [1.82, 2.24) is 24.7 Å². The normalized spacial score (nSPS) is 20.7. The van der Waals surface area contributed by atoms with Gasteiger partial charge in [-0.05, 0) is 37.3 Å². The van der Waals surface area contributed by atoms with Crippen LogP contribution < -0.4 is 5.32 Å². The number of piperidine rings is 1. The first-order valence-electron chi connectivity index (χ1n) is 13.3. The number of unbranched alkanes of at least 4 members (excludes halogenated alkanes) is 1. The number of hydrogen-bond donors (Lipinski definition) is 1. The van der Waals surface area contributed by atoms with Gasteiger partial charge in [0.25, 0.3) is 5.91 Å². The maximum absolute atomic E-state index is 14.1. The largest absolute Gasteiger partial charge is 0.385 e. The first-order chi connectivity index (χ1) is 17.5. The molecule has 0 spiro atoms. The van der Waals surface area contributed by atoms with E-state index >= 15 is 0 Å². The predicted octanol–water partition coefficient (Wildman–Crippen LogP) is 2.40. The van der Waals surface area contributed by atoms with Crippen LogP contribution in [0, 0.1) is 11.8 Å². The average Bonchev–Trinajstić information content (AvgIpc) is 3.28. The van der Waals surface area contributed by atoms with Crippen LogP contribution in [0.25, 0.3) is 11.0 Å². The van der Waals surface area contributed by atoms with Crippen molar-refractivity contribution >= 4 is 22.8 Å². The van der Waals surface area contributed by atoms with E-state index in [1.54, 1.807) is 7.11 Å². The SMILES string of the molecule is COCCCCn1c(C(=O)N(CC(C)C)[C@H]2CNC[C@@H](C(=O)N3CCOCC3)C2)nc2ccccc21. The summed E-state index contributed by atoms with van der Waals surface area (Å²) >= 11 is 0. The fraction of sp³-hybridized carbons (Fsp3) is 0.667. The Balaban J connectivity index is 1.57. The minimum atomic E-state index is -0.142. The monoisotopic (exact) mass is 499 g/mol. The van der Waals surface area contributed by atoms with Crippen LogP contribution in [-0.2, 0) is 20.8 Å². The molecule has 4 rings (SSSR count). The molecule has 2 saturated heterocycles. The van der Waals surface area contributed by atoms with E-state index in [0.29, 0.717) is 77.3 Å². The number of carbonyl (C=O) groups excluding carboxylic acids is 2. The highest BCUT2D eigenvalue weighted by Gasteiger charge is 2.36. The van der Waals surface area contributed by atoms with Crippen molar-refractivity contribution in [3.05, 3.63) is 30.1 Å². The topological polar surface area (TPSA) is 88.9 Å². The molecule has 0 radical (unpaired) electrons. The highest BCUT2D eigenvalue weighted by atomic mass is 16.5. The van der Waals surface area contributed by atoms with Crippen molar-refractivity contribution in [1.29, 1.82) is 0 Å². The molecule has 2 aromatic rings. The third-order valence-electron chi connectivity index (χ3n) is 7.09. The molecule has 0 saturated carbocycles. The summed E-state index contributed by atoms with van der Waals surface area (Å²) in [7, 11) is 1.71. The van der Waals surface area contributed by atoms with Gasteiger partial charge in [-0.25, -0.2) is 4.98 Å². The molecule has 0 bridgehead atoms. The van der Waals surface area contributed by atoms with Gasteiger partial charge in [0.2, 0.25) is 5.91 Å². The molecule has 2 aliphatic heterocycles. The number of nitrogens with one attached hydrogen (secondary N) is 1. The molecule has 1 N–H and O–H groups in total. The van der Waals surface area contributed by atoms with Gasteiger partial charge in [-0.15, -0.1) is 0 Å². The van der Waals surface area contributed by atoms with Crippen LogP contribution in [0.5, 0.6) is 0 Å². The second kappa shape index (κ2) is 12.7. The molecule has 198 valence electrons. The average molecular weight is 500 g/mol. The van der Waals surface area contributed by atoms with E-state index in [4.69, 9.17) is 14.5 Å². The Kier molecular flexibility index (Phi) is 9.34. The van der Waals surface area contributed by atoms with Crippen LogP contribution >= 0.6 is 0 Å². The molecule has 3 heterocycles. The molecule has 2 amide bonds. The highest BCUT2D eigenvalue weighted by molar-refractivity contribution is 5.95. The van der Waals surface area contributed by atoms with Gasteiger partial charge in [-0.2, -0.15) is 0 Å². The molecular formula is C27H41N5O4. The fourth-order valence-corrected chi connectivity index (χ4v) is 5.29. The summed E-state index contributed by atoms with van der Waals surface area (Å²) in [6, 6.07) is 7.87. The molecule has 2 aliphatic rings. The second-order valence-corrected chi connectivity index (χ2v) is 10.3. The van der Waals surface area contributed by atoms with E-state index in [0.717, 1.165) is 23.9 Å². The van der Waals surface area contributed by atoms with E-state index in [9.17, 15) is 9.59 Å². The molecular weight excluding hydrogens is 458 g/mol. The minimum Gasteiger partial charge on any atom is -0.385 e. The molecule has 2 fully saturated rings. The Morgan fingerprint density at radius 3 is 2.72 bits per heavy atom. The Labute approximate surface area is 214 Å². The molecule has 36 heavy (non-hydrogen) atoms. The lowest BCUT2D eigenvalue weighted by Gasteiger charge is -2.40. The number of para-hydroxylation sites is 2. The Bertz CT molecular complexity index is 1020. The highest BCUT2D eigenvalue weighted by Crippen LogP contribution is 2.24. The van der Waals surface area contributed by atoms with E-state index in [-0.39, 0.29) is 23.8 Å². The number of methoxy groups -OCH3 is 1. The maximum Gasteiger partial charge on any atom is 0.290 e. The summed E-state index contributed by atoms with van der Waals surface area (Å²) in [6.07, 6.45) is 2.49. The zero-order chi connectivity index (χ0) is 25.5. The first kappa shape index (κ1) is 26.6. The molecule has 0 unspecified atom stereocenters. The standard InChI is InChI=1S/C27H41N5O4/c1-20(2)19-32(22-16-21(17-28-18-22)26(33)30-11-14-36-15-12-30)27(34)25-29-23-8-4-5-9-24(23)31(25)10-6-7-13-35-3/h4-5,8-9,20-22,28H,6-7,10-19H2,1-3H3/t21-,22+/m0/s1. The number of imidazole rings is 1. The fourth-order valence-electron chi connectivity index (χ4n) is 5.29. The number of fused-ring (bicyclic) bond motifs is 1. The lowest BCUT2D eigenvalue weighted by molar-refractivity contribution is -0.140. The number of carbonyl (C=O) groups is 2. The number of amides is 2. The van der Waals surface area contributed by atoms with Gasteiger partial charge in [0.05, 0.1) is 30.2 Å². The third-order valence-corrected chi connectivity index (χ3v) is 7.09. The van der Waals surface area contributed by atoms with Crippen LogP contribution in [0.15, 0.2) is 24.3 Å². The summed E-state index contributed by atoms with van der Waals surface area (Å²) in [5.74, 6) is 0.743. The molecule has 9 heteroatoms. The zero-order valence-corrected chi connectivity index (χ0v) is 21.9. The van der Waals surface area contributed by atoms with Crippen LogP contribution in [0.2, 0.25) is 0 Å². The van der Waals surface area contributed by atoms with Gasteiger partial charge in [0.15, 0.2) is 5.82 Å². The number of benzene rings is 1. The molecule has 2 atom stereocenters. The number of aryl methyl sites for hydroxylation is 1. The van der Waals surface area contributed by atoms with Crippen molar-refractivity contribution in [2.45, 2.75) is 45.7 Å². The van der Waals surface area contributed by atoms with Gasteiger partial charge in [-0.1, -0.05) is 26.0 Å². The van der Waals surface area contributed by atoms with E-state index < -0.39 is 0 Å². The van der Waals surface area contributed by atoms with Crippen LogP contribution in [0.4, 0.5) is 0 Å². The van der Waals surface area contributed by atoms with Gasteiger partial charge in [0.1, 0.15) is 0 Å². The van der Waals surface area contributed by atoms with Crippen molar-refractivity contribution in [2.24, 2.45) is 11.8 Å². The summed E-state index contributed by atoms with van der Waals surface area (Å²) in [5, 5.41) is 3.44. The van der Waals surface area contributed by atoms with E-state index in [1.165, 1.54) is 0 Å². The maximum atomic E-state index is 14.1. The summed E-state index contributed by atoms with van der Waals surface area (Å²) in [6.45, 7) is 10.1. The number of morpholine rings is 1. The zero-order valence-electron chi connectivity index (χ0n) is 21.9. The van der Waals surface area contributed by atoms with Crippen molar-refractivity contribution in [2.75, 3.05) is 59.7 Å². The molecule has 1 aromatic heterocycles. The van der Waals surface area contributed by atoms with Crippen molar-refractivity contribution in [3.8, 4) is 0 Å². The minimum absolute atomic E-state index is 0.0575. The van der Waals surface area contributed by atoms with E-state index in [1.807, 2.05) is 34.1 Å². The van der Waals surface area contributed by atoms with Crippen LogP contribution in [-0.4, -0.2) is 96.9 Å². The van der Waals surface area contributed by atoms with E-state index in [2.05, 4.69) is 23.7 Å². The predicted molar refractivity (Wildman–Crippen MR) is 139 cm³/mol. The molecule has 9 nitrogen and oxygen atoms in total. The number of aromatic nitrogens is 2. The summed E-state index contributed by atoms with van der Waals surface area (Å²) < 4.78 is 12.7. The van der Waals surface area contributed by atoms with Crippen LogP contribution in [0.1, 0.15) is 43.7 Å². The quantitative estimate of drug-likeness (QED) is 0.505. The Morgan fingerprint density at radius 2 is 1.97 bits per heavy atom. The summed E-state index contributed by atoms with van der Waals surface area (Å²) in [4.78, 5) is 36.0. The van der Waals surface area contributed by atoms with Gasteiger partial charge < -0.3 is 29.2 Å². The van der Waals surface area contributed by atoms with Gasteiger partial charge >= 0.3 is 0 Å². The van der Waals surface area contributed by atoms with Crippen molar-refractivity contribution < 1.29 is 19.1 Å². The Hall–Kier alpha value is -2.49. The number of rotatable bonds is 10.